The van der Waals surface area contributed by atoms with Crippen molar-refractivity contribution in [1.29, 1.82) is 0 Å². The number of aryl methyl sites for hydroxylation is 1. The van der Waals surface area contributed by atoms with Gasteiger partial charge in [0.05, 0.1) is 6.61 Å². The molecule has 7 heteroatoms. The molecule has 0 spiro atoms. The summed E-state index contributed by atoms with van der Waals surface area (Å²) < 4.78 is 0. The number of hydrogen-bond donors (Lipinski definition) is 5. The van der Waals surface area contributed by atoms with Crippen LogP contribution in [-0.2, 0) is 16.0 Å². The predicted molar refractivity (Wildman–Crippen MR) is 81.1 cm³/mol. The molecule has 2 rings (SSSR count). The molecule has 22 heavy (non-hydrogen) atoms. The highest BCUT2D eigenvalue weighted by atomic mass is 16.3. The van der Waals surface area contributed by atoms with Gasteiger partial charge in [-0.1, -0.05) is 0 Å². The number of benzene rings is 1. The SMILES string of the molecule is C[C@@](CO)(NC(=O)CCc1c[nH]c2ccc(O)cc12)C(N)=O. The molecule has 7 nitrogen and oxygen atoms in total. The van der Waals surface area contributed by atoms with Crippen molar-refractivity contribution in [2.24, 2.45) is 5.73 Å². The maximum absolute atomic E-state index is 11.9. The molecule has 0 saturated carbocycles. The highest BCUT2D eigenvalue weighted by molar-refractivity contribution is 5.90. The average molecular weight is 305 g/mol. The number of nitrogens with two attached hydrogens (primary N) is 1. The number of fused-ring (bicyclic) bond motifs is 1. The average Bonchev–Trinajstić information content (AvgIpc) is 2.87. The maximum atomic E-state index is 11.9. The number of phenols is 1. The molecule has 0 aliphatic rings. The molecule has 118 valence electrons. The molecule has 1 atom stereocenters. The predicted octanol–water partition coefficient (Wildman–Crippen LogP) is 0.159. The highest BCUT2D eigenvalue weighted by Gasteiger charge is 2.31. The second-order valence-electron chi connectivity index (χ2n) is 5.45. The van der Waals surface area contributed by atoms with Crippen molar-refractivity contribution < 1.29 is 19.8 Å². The lowest BCUT2D eigenvalue weighted by Gasteiger charge is -2.24. The van der Waals surface area contributed by atoms with Crippen LogP contribution in [0.1, 0.15) is 18.9 Å². The van der Waals surface area contributed by atoms with Gasteiger partial charge < -0.3 is 26.2 Å². The van der Waals surface area contributed by atoms with Crippen molar-refractivity contribution >= 4 is 22.7 Å². The number of primary amides is 1. The van der Waals surface area contributed by atoms with Crippen molar-refractivity contribution in [3.05, 3.63) is 30.0 Å². The molecule has 0 aliphatic carbocycles. The highest BCUT2D eigenvalue weighted by Crippen LogP contribution is 2.23. The zero-order chi connectivity index (χ0) is 16.3. The number of aliphatic hydroxyl groups is 1. The van der Waals surface area contributed by atoms with Crippen LogP contribution in [-0.4, -0.2) is 39.2 Å². The number of carbonyl (C=O) groups excluding carboxylic acids is 2. The molecule has 2 aromatic rings. The Morgan fingerprint density at radius 2 is 2.14 bits per heavy atom. The lowest BCUT2D eigenvalue weighted by Crippen LogP contribution is -2.57. The number of nitrogens with one attached hydrogen (secondary N) is 2. The van der Waals surface area contributed by atoms with Crippen LogP contribution in [0.5, 0.6) is 5.75 Å². The Hall–Kier alpha value is -2.54. The number of carbonyl (C=O) groups is 2. The molecule has 2 amide bonds. The van der Waals surface area contributed by atoms with Crippen molar-refractivity contribution in [2.75, 3.05) is 6.61 Å². The van der Waals surface area contributed by atoms with Crippen LogP contribution < -0.4 is 11.1 Å². The summed E-state index contributed by atoms with van der Waals surface area (Å²) >= 11 is 0. The van der Waals surface area contributed by atoms with Crippen LogP contribution in [0.3, 0.4) is 0 Å². The van der Waals surface area contributed by atoms with Crippen molar-refractivity contribution in [1.82, 2.24) is 10.3 Å². The molecular weight excluding hydrogens is 286 g/mol. The fraction of sp³-hybridized carbons (Fsp3) is 0.333. The van der Waals surface area contributed by atoms with Gasteiger partial charge in [0.25, 0.3) is 0 Å². The normalized spacial score (nSPS) is 13.7. The molecule has 0 aliphatic heterocycles. The van der Waals surface area contributed by atoms with Gasteiger partial charge in [0.2, 0.25) is 11.8 Å². The maximum Gasteiger partial charge on any atom is 0.245 e. The van der Waals surface area contributed by atoms with Gasteiger partial charge in [0.1, 0.15) is 11.3 Å². The van der Waals surface area contributed by atoms with Gasteiger partial charge in [-0.15, -0.1) is 0 Å². The third-order valence-electron chi connectivity index (χ3n) is 3.65. The number of aromatic nitrogens is 1. The molecule has 0 radical (unpaired) electrons. The largest absolute Gasteiger partial charge is 0.508 e. The number of aliphatic hydroxyl groups excluding tert-OH is 1. The number of amides is 2. The Kier molecular flexibility index (Phi) is 4.37. The van der Waals surface area contributed by atoms with Crippen LogP contribution in [0, 0.1) is 0 Å². The van der Waals surface area contributed by atoms with E-state index in [4.69, 9.17) is 5.73 Å². The molecular formula is C15H19N3O4. The zero-order valence-corrected chi connectivity index (χ0v) is 12.2. The van der Waals surface area contributed by atoms with E-state index < -0.39 is 18.1 Å². The first-order valence-electron chi connectivity index (χ1n) is 6.86. The summed E-state index contributed by atoms with van der Waals surface area (Å²) in [7, 11) is 0. The number of aromatic hydroxyl groups is 1. The Labute approximate surface area is 127 Å². The quantitative estimate of drug-likeness (QED) is 0.520. The Balaban J connectivity index is 2.04. The summed E-state index contributed by atoms with van der Waals surface area (Å²) in [6.07, 6.45) is 2.33. The Morgan fingerprint density at radius 1 is 1.41 bits per heavy atom. The second-order valence-corrected chi connectivity index (χ2v) is 5.45. The summed E-state index contributed by atoms with van der Waals surface area (Å²) in [4.78, 5) is 26.2. The molecule has 1 heterocycles. The van der Waals surface area contributed by atoms with Crippen LogP contribution in [0.25, 0.3) is 10.9 Å². The van der Waals surface area contributed by atoms with Gasteiger partial charge >= 0.3 is 0 Å². The summed E-state index contributed by atoms with van der Waals surface area (Å²) in [5.74, 6) is -1.02. The van der Waals surface area contributed by atoms with E-state index in [2.05, 4.69) is 10.3 Å². The molecule has 0 fully saturated rings. The molecule has 1 aromatic carbocycles. The van der Waals surface area contributed by atoms with E-state index in [1.807, 2.05) is 0 Å². The smallest absolute Gasteiger partial charge is 0.245 e. The minimum absolute atomic E-state index is 0.130. The zero-order valence-electron chi connectivity index (χ0n) is 12.2. The van der Waals surface area contributed by atoms with Crippen molar-refractivity contribution in [2.45, 2.75) is 25.3 Å². The minimum Gasteiger partial charge on any atom is -0.508 e. The molecule has 0 saturated heterocycles. The van der Waals surface area contributed by atoms with Gasteiger partial charge in [0, 0.05) is 23.5 Å². The monoisotopic (exact) mass is 305 g/mol. The summed E-state index contributed by atoms with van der Waals surface area (Å²) in [6.45, 7) is 0.812. The van der Waals surface area contributed by atoms with E-state index in [1.165, 1.54) is 6.92 Å². The number of hydrogen-bond acceptors (Lipinski definition) is 4. The van der Waals surface area contributed by atoms with Gasteiger partial charge in [-0.2, -0.15) is 0 Å². The first-order valence-corrected chi connectivity index (χ1v) is 6.86. The van der Waals surface area contributed by atoms with E-state index in [0.717, 1.165) is 16.5 Å². The van der Waals surface area contributed by atoms with Crippen LogP contribution in [0.2, 0.25) is 0 Å². The van der Waals surface area contributed by atoms with Crippen LogP contribution in [0.15, 0.2) is 24.4 Å². The number of phenolic OH excluding ortho intramolecular Hbond substituents is 1. The van der Waals surface area contributed by atoms with E-state index in [1.54, 1.807) is 24.4 Å². The number of rotatable bonds is 6. The van der Waals surface area contributed by atoms with E-state index >= 15 is 0 Å². The standard InChI is InChI=1S/C15H19N3O4/c1-15(8-19,14(16)22)18-13(21)5-2-9-7-17-12-4-3-10(20)6-11(9)12/h3-4,6-7,17,19-20H,2,5,8H2,1H3,(H2,16,22)(H,18,21)/t15-/m0/s1. The topological polar surface area (TPSA) is 128 Å². The molecule has 0 unspecified atom stereocenters. The third kappa shape index (κ3) is 3.20. The lowest BCUT2D eigenvalue weighted by molar-refractivity contribution is -0.132. The fourth-order valence-electron chi connectivity index (χ4n) is 2.17. The van der Waals surface area contributed by atoms with Crippen molar-refractivity contribution in [3.8, 4) is 5.75 Å². The van der Waals surface area contributed by atoms with Crippen LogP contribution >= 0.6 is 0 Å². The van der Waals surface area contributed by atoms with Gasteiger partial charge in [-0.3, -0.25) is 9.59 Å². The fourth-order valence-corrected chi connectivity index (χ4v) is 2.17. The van der Waals surface area contributed by atoms with E-state index in [9.17, 15) is 19.8 Å². The Morgan fingerprint density at radius 3 is 2.77 bits per heavy atom. The molecule has 0 bridgehead atoms. The summed E-state index contributed by atoms with van der Waals surface area (Å²) in [5.41, 5.74) is 5.45. The lowest BCUT2D eigenvalue weighted by atomic mass is 10.0. The number of aromatic amines is 1. The molecule has 1 aromatic heterocycles. The second kappa shape index (κ2) is 6.07. The van der Waals surface area contributed by atoms with Crippen LogP contribution in [0.4, 0.5) is 0 Å². The van der Waals surface area contributed by atoms with E-state index in [0.29, 0.717) is 6.42 Å². The first-order chi connectivity index (χ1) is 10.4. The van der Waals surface area contributed by atoms with Gasteiger partial charge in [-0.25, -0.2) is 0 Å². The van der Waals surface area contributed by atoms with E-state index in [-0.39, 0.29) is 18.1 Å². The number of H-pyrrole nitrogens is 1. The minimum atomic E-state index is -1.46. The third-order valence-corrected chi connectivity index (χ3v) is 3.65. The van der Waals surface area contributed by atoms with Gasteiger partial charge in [-0.05, 0) is 37.1 Å². The van der Waals surface area contributed by atoms with Crippen molar-refractivity contribution in [3.63, 3.8) is 0 Å². The summed E-state index contributed by atoms with van der Waals surface area (Å²) in [5, 5.41) is 22.0. The Bertz CT molecular complexity index is 710. The van der Waals surface area contributed by atoms with Gasteiger partial charge in [0.15, 0.2) is 0 Å². The molecule has 6 N–H and O–H groups in total. The summed E-state index contributed by atoms with van der Waals surface area (Å²) in [6, 6.07) is 4.96. The first kappa shape index (κ1) is 15.8.